The Bertz CT molecular complexity index is 1090. The molecule has 0 saturated heterocycles. The van der Waals surface area contributed by atoms with Crippen LogP contribution in [0.2, 0.25) is 0 Å². The monoisotopic (exact) mass is 411 g/mol. The molecule has 0 unspecified atom stereocenters. The number of carbonyl (C=O) groups is 2. The van der Waals surface area contributed by atoms with Gasteiger partial charge in [-0.3, -0.25) is 9.59 Å². The predicted octanol–water partition coefficient (Wildman–Crippen LogP) is 4.77. The average molecular weight is 412 g/mol. The zero-order valence-electron chi connectivity index (χ0n) is 17.3. The number of nitrogens with one attached hydrogen (secondary N) is 1. The Hall–Kier alpha value is -3.47. The third kappa shape index (κ3) is 3.40. The van der Waals surface area contributed by atoms with Crippen molar-refractivity contribution in [1.29, 1.82) is 0 Å². The molecule has 5 nitrogen and oxygen atoms in total. The van der Waals surface area contributed by atoms with Gasteiger partial charge in [0.15, 0.2) is 0 Å². The normalized spacial score (nSPS) is 19.3. The van der Waals surface area contributed by atoms with Gasteiger partial charge < -0.3 is 10.2 Å². The maximum absolute atomic E-state index is 13.7. The van der Waals surface area contributed by atoms with Crippen molar-refractivity contribution in [1.82, 2.24) is 9.88 Å². The number of amides is 2. The van der Waals surface area contributed by atoms with Gasteiger partial charge in [0.1, 0.15) is 5.82 Å². The number of benzene rings is 2. The van der Waals surface area contributed by atoms with Crippen LogP contribution in [-0.2, 0) is 11.3 Å². The Morgan fingerprint density at radius 3 is 2.42 bits per heavy atom. The SMILES string of the molecule is O=C(Nc1ccccn1)[C@@H]1c2ccccc2C(=O)N(Cc2ccccc2)C12CCCC2. The van der Waals surface area contributed by atoms with Gasteiger partial charge in [0.2, 0.25) is 5.91 Å². The van der Waals surface area contributed by atoms with Gasteiger partial charge in [-0.25, -0.2) is 4.98 Å². The average Bonchev–Trinajstić information content (AvgIpc) is 3.28. The van der Waals surface area contributed by atoms with E-state index in [2.05, 4.69) is 10.3 Å². The number of carbonyl (C=O) groups excluding carboxylic acids is 2. The molecule has 2 heterocycles. The number of fused-ring (bicyclic) bond motifs is 1. The third-order valence-corrected chi connectivity index (χ3v) is 6.65. The lowest BCUT2D eigenvalue weighted by Gasteiger charge is -2.50. The molecule has 3 aromatic rings. The Morgan fingerprint density at radius 2 is 1.68 bits per heavy atom. The Morgan fingerprint density at radius 1 is 0.968 bits per heavy atom. The number of aromatic nitrogens is 1. The first-order valence-corrected chi connectivity index (χ1v) is 10.9. The molecule has 1 spiro atoms. The van der Waals surface area contributed by atoms with Crippen LogP contribution in [0.1, 0.15) is 53.1 Å². The molecule has 156 valence electrons. The van der Waals surface area contributed by atoms with Crippen LogP contribution in [0.25, 0.3) is 0 Å². The Kier molecular flexibility index (Phi) is 5.02. The lowest BCUT2D eigenvalue weighted by Crippen LogP contribution is -2.59. The van der Waals surface area contributed by atoms with Crippen LogP contribution < -0.4 is 5.32 Å². The van der Waals surface area contributed by atoms with E-state index in [-0.39, 0.29) is 11.8 Å². The quantitative estimate of drug-likeness (QED) is 0.672. The van der Waals surface area contributed by atoms with E-state index >= 15 is 0 Å². The molecule has 1 aliphatic carbocycles. The summed E-state index contributed by atoms with van der Waals surface area (Å²) in [5.41, 5.74) is 2.00. The van der Waals surface area contributed by atoms with Gasteiger partial charge in [-0.15, -0.1) is 0 Å². The van der Waals surface area contributed by atoms with Crippen molar-refractivity contribution < 1.29 is 9.59 Å². The summed E-state index contributed by atoms with van der Waals surface area (Å²) in [6.07, 6.45) is 5.32. The maximum Gasteiger partial charge on any atom is 0.254 e. The van der Waals surface area contributed by atoms with Crippen LogP contribution in [0.4, 0.5) is 5.82 Å². The van der Waals surface area contributed by atoms with E-state index in [1.807, 2.05) is 71.6 Å². The topological polar surface area (TPSA) is 62.3 Å². The second kappa shape index (κ2) is 7.99. The Balaban J connectivity index is 1.61. The summed E-state index contributed by atoms with van der Waals surface area (Å²) in [6.45, 7) is 0.501. The standard InChI is InChI=1S/C26H25N3O2/c30-24(28-22-14-6-9-17-27-22)23-20-12-4-5-13-21(20)25(31)29(26(23)15-7-8-16-26)18-19-10-2-1-3-11-19/h1-6,9-14,17,23H,7-8,15-16,18H2,(H,27,28,30)/t23-/m0/s1. The summed E-state index contributed by atoms with van der Waals surface area (Å²) in [7, 11) is 0. The van der Waals surface area contributed by atoms with Crippen LogP contribution >= 0.6 is 0 Å². The minimum Gasteiger partial charge on any atom is -0.327 e. The van der Waals surface area contributed by atoms with Gasteiger partial charge in [0.05, 0.1) is 11.5 Å². The van der Waals surface area contributed by atoms with E-state index in [4.69, 9.17) is 0 Å². The summed E-state index contributed by atoms with van der Waals surface area (Å²) >= 11 is 0. The number of pyridine rings is 1. The van der Waals surface area contributed by atoms with E-state index in [9.17, 15) is 9.59 Å². The number of anilines is 1. The summed E-state index contributed by atoms with van der Waals surface area (Å²) in [5.74, 6) is 0.0149. The molecule has 0 radical (unpaired) electrons. The van der Waals surface area contributed by atoms with E-state index < -0.39 is 11.5 Å². The summed E-state index contributed by atoms with van der Waals surface area (Å²) in [4.78, 5) is 33.6. The molecule has 1 atom stereocenters. The molecule has 5 heteroatoms. The predicted molar refractivity (Wildman–Crippen MR) is 120 cm³/mol. The van der Waals surface area contributed by atoms with Crippen molar-refractivity contribution in [2.75, 3.05) is 5.32 Å². The lowest BCUT2D eigenvalue weighted by molar-refractivity contribution is -0.121. The van der Waals surface area contributed by atoms with Crippen molar-refractivity contribution in [2.24, 2.45) is 0 Å². The van der Waals surface area contributed by atoms with Crippen molar-refractivity contribution >= 4 is 17.6 Å². The van der Waals surface area contributed by atoms with E-state index in [0.29, 0.717) is 17.9 Å². The number of hydrogen-bond acceptors (Lipinski definition) is 3. The zero-order valence-corrected chi connectivity index (χ0v) is 17.3. The summed E-state index contributed by atoms with van der Waals surface area (Å²) in [5, 5.41) is 3.01. The maximum atomic E-state index is 13.7. The second-order valence-electron chi connectivity index (χ2n) is 8.41. The van der Waals surface area contributed by atoms with E-state index in [1.165, 1.54) is 0 Å². The summed E-state index contributed by atoms with van der Waals surface area (Å²) < 4.78 is 0. The fourth-order valence-corrected chi connectivity index (χ4v) is 5.30. The molecule has 1 aromatic heterocycles. The largest absolute Gasteiger partial charge is 0.327 e. The van der Waals surface area contributed by atoms with Crippen LogP contribution in [0.15, 0.2) is 79.0 Å². The fraction of sp³-hybridized carbons (Fsp3) is 0.269. The number of rotatable bonds is 4. The summed E-state index contributed by atoms with van der Waals surface area (Å²) in [6, 6.07) is 23.1. The van der Waals surface area contributed by atoms with Crippen molar-refractivity contribution in [3.05, 3.63) is 95.7 Å². The third-order valence-electron chi connectivity index (χ3n) is 6.65. The van der Waals surface area contributed by atoms with Crippen LogP contribution in [0.5, 0.6) is 0 Å². The minimum absolute atomic E-state index is 0.0169. The molecule has 0 bridgehead atoms. The van der Waals surface area contributed by atoms with Crippen LogP contribution in [0.3, 0.4) is 0 Å². The molecular weight excluding hydrogens is 386 g/mol. The molecule has 2 amide bonds. The van der Waals surface area contributed by atoms with Crippen molar-refractivity contribution in [2.45, 2.75) is 43.7 Å². The van der Waals surface area contributed by atoms with Gasteiger partial charge in [-0.1, -0.05) is 67.4 Å². The van der Waals surface area contributed by atoms with Gasteiger partial charge >= 0.3 is 0 Å². The molecule has 1 aliphatic heterocycles. The highest BCUT2D eigenvalue weighted by atomic mass is 16.2. The van der Waals surface area contributed by atoms with E-state index in [0.717, 1.165) is 36.8 Å². The zero-order chi connectivity index (χ0) is 21.3. The number of hydrogen-bond donors (Lipinski definition) is 1. The second-order valence-corrected chi connectivity index (χ2v) is 8.41. The van der Waals surface area contributed by atoms with Gasteiger partial charge in [-0.2, -0.15) is 0 Å². The molecule has 1 saturated carbocycles. The number of nitrogens with zero attached hydrogens (tertiary/aromatic N) is 2. The van der Waals surface area contributed by atoms with Crippen molar-refractivity contribution in [3.63, 3.8) is 0 Å². The first-order chi connectivity index (χ1) is 15.2. The first-order valence-electron chi connectivity index (χ1n) is 10.9. The molecule has 2 aliphatic rings. The van der Waals surface area contributed by atoms with Gasteiger partial charge in [0.25, 0.3) is 5.91 Å². The molecule has 1 fully saturated rings. The van der Waals surface area contributed by atoms with E-state index in [1.54, 1.807) is 12.3 Å². The smallest absolute Gasteiger partial charge is 0.254 e. The highest BCUT2D eigenvalue weighted by molar-refractivity contribution is 6.04. The van der Waals surface area contributed by atoms with Gasteiger partial charge in [0, 0.05) is 18.3 Å². The highest BCUT2D eigenvalue weighted by Crippen LogP contribution is 2.51. The molecule has 2 aromatic carbocycles. The highest BCUT2D eigenvalue weighted by Gasteiger charge is 2.55. The molecular formula is C26H25N3O2. The van der Waals surface area contributed by atoms with Crippen LogP contribution in [-0.4, -0.2) is 27.2 Å². The van der Waals surface area contributed by atoms with Crippen LogP contribution in [0, 0.1) is 0 Å². The van der Waals surface area contributed by atoms with Crippen molar-refractivity contribution in [3.8, 4) is 0 Å². The fourth-order valence-electron chi connectivity index (χ4n) is 5.30. The minimum atomic E-state index is -0.528. The Labute approximate surface area is 182 Å². The molecule has 1 N–H and O–H groups in total. The molecule has 31 heavy (non-hydrogen) atoms. The molecule has 5 rings (SSSR count). The first kappa shape index (κ1) is 19.5. The van der Waals surface area contributed by atoms with Gasteiger partial charge in [-0.05, 0) is 42.2 Å². The lowest BCUT2D eigenvalue weighted by atomic mass is 9.71.